The van der Waals surface area contributed by atoms with Crippen molar-refractivity contribution in [1.82, 2.24) is 0 Å². The van der Waals surface area contributed by atoms with Gasteiger partial charge in [-0.05, 0) is 37.1 Å². The molecule has 69 valence electrons. The van der Waals surface area contributed by atoms with Gasteiger partial charge in [-0.1, -0.05) is 18.2 Å². The summed E-state index contributed by atoms with van der Waals surface area (Å²) in [7, 11) is 0. The Hall–Kier alpha value is -0.340. The van der Waals surface area contributed by atoms with Gasteiger partial charge in [-0.25, -0.2) is 0 Å². The molecule has 0 nitrogen and oxygen atoms in total. The summed E-state index contributed by atoms with van der Waals surface area (Å²) in [6.07, 6.45) is 8.04. The van der Waals surface area contributed by atoms with E-state index >= 15 is 0 Å². The van der Waals surface area contributed by atoms with Crippen LogP contribution in [0.2, 0.25) is 0 Å². The van der Waals surface area contributed by atoms with Crippen molar-refractivity contribution in [3.8, 4) is 0 Å². The number of allylic oxidation sites excluding steroid dienone is 1. The van der Waals surface area contributed by atoms with Gasteiger partial charge in [-0.15, -0.1) is 23.5 Å². The van der Waals surface area contributed by atoms with Crippen LogP contribution in [0.25, 0.3) is 6.08 Å². The molecule has 0 aromatic heterocycles. The van der Waals surface area contributed by atoms with Crippen LogP contribution in [-0.2, 0) is 0 Å². The predicted molar refractivity (Wildman–Crippen MR) is 64.4 cm³/mol. The van der Waals surface area contributed by atoms with Crippen LogP contribution in [-0.4, -0.2) is 12.5 Å². The first-order chi connectivity index (χ1) is 6.31. The molecule has 2 heteroatoms. The fourth-order valence-corrected chi connectivity index (χ4v) is 2.58. The smallest absolute Gasteiger partial charge is 0.0211 e. The second-order valence-electron chi connectivity index (χ2n) is 2.52. The monoisotopic (exact) mass is 209 g/mol. The molecule has 0 bridgehead atoms. The highest BCUT2D eigenvalue weighted by atomic mass is 32.2. The summed E-state index contributed by atoms with van der Waals surface area (Å²) in [6, 6.07) is 6.47. The molecule has 0 saturated carbocycles. The average Bonchev–Trinajstić information content (AvgIpc) is 2.18. The molecule has 0 amide bonds. The van der Waals surface area contributed by atoms with Crippen LogP contribution in [0.5, 0.6) is 0 Å². The van der Waals surface area contributed by atoms with Gasteiger partial charge in [0.2, 0.25) is 0 Å². The van der Waals surface area contributed by atoms with E-state index in [0.717, 1.165) is 0 Å². The molecule has 0 unspecified atom stereocenters. The zero-order chi connectivity index (χ0) is 9.68. The molecule has 0 fully saturated rings. The van der Waals surface area contributed by atoms with Crippen molar-refractivity contribution >= 4 is 29.6 Å². The Kier molecular flexibility index (Phi) is 4.46. The van der Waals surface area contributed by atoms with E-state index in [9.17, 15) is 0 Å². The lowest BCUT2D eigenvalue weighted by atomic mass is 10.2. The topological polar surface area (TPSA) is 0 Å². The highest BCUT2D eigenvalue weighted by molar-refractivity contribution is 8.01. The van der Waals surface area contributed by atoms with Crippen LogP contribution in [0.3, 0.4) is 0 Å². The maximum atomic E-state index is 3.69. The van der Waals surface area contributed by atoms with Gasteiger partial charge in [0, 0.05) is 9.79 Å². The quantitative estimate of drug-likeness (QED) is 0.691. The molecule has 0 N–H and O–H groups in total. The zero-order valence-electron chi connectivity index (χ0n) is 7.91. The van der Waals surface area contributed by atoms with E-state index in [0.29, 0.717) is 0 Å². The van der Waals surface area contributed by atoms with E-state index in [4.69, 9.17) is 0 Å². The van der Waals surface area contributed by atoms with Crippen LogP contribution in [0.4, 0.5) is 0 Å². The van der Waals surface area contributed by atoms with Gasteiger partial charge in [0.25, 0.3) is 0 Å². The first-order valence-corrected chi connectivity index (χ1v) is 6.44. The molecule has 1 rings (SSSR count). The predicted octanol–water partition coefficient (Wildman–Crippen LogP) is 3.98. The summed E-state index contributed by atoms with van der Waals surface area (Å²) in [6.45, 7) is 3.69. The van der Waals surface area contributed by atoms with Crippen LogP contribution >= 0.6 is 23.5 Å². The minimum Gasteiger partial charge on any atom is -0.128 e. The Labute approximate surface area is 88.8 Å². The molecule has 0 heterocycles. The van der Waals surface area contributed by atoms with Gasteiger partial charge in [-0.3, -0.25) is 0 Å². The number of hydrogen-bond donors (Lipinski definition) is 0. The van der Waals surface area contributed by atoms with Crippen molar-refractivity contribution in [2.75, 3.05) is 12.5 Å². The van der Waals surface area contributed by atoms with Crippen LogP contribution in [0.1, 0.15) is 5.56 Å². The van der Waals surface area contributed by atoms with Crippen molar-refractivity contribution < 1.29 is 0 Å². The summed E-state index contributed by atoms with van der Waals surface area (Å²) >= 11 is 3.57. The molecule has 0 aliphatic rings. The van der Waals surface area contributed by atoms with Gasteiger partial charge in [0.1, 0.15) is 0 Å². The Morgan fingerprint density at radius 2 is 1.85 bits per heavy atom. The summed E-state index contributed by atoms with van der Waals surface area (Å²) in [5.41, 5.74) is 1.22. The number of thioether (sulfide) groups is 2. The minimum atomic E-state index is 1.22. The highest BCUT2D eigenvalue weighted by Gasteiger charge is 1.99. The molecule has 0 aliphatic heterocycles. The van der Waals surface area contributed by atoms with Crippen LogP contribution in [0, 0.1) is 6.92 Å². The number of rotatable bonds is 3. The maximum Gasteiger partial charge on any atom is 0.0211 e. The Balaban J connectivity index is 3.05. The van der Waals surface area contributed by atoms with Crippen molar-refractivity contribution in [2.45, 2.75) is 9.79 Å². The van der Waals surface area contributed by atoms with Crippen molar-refractivity contribution in [1.29, 1.82) is 0 Å². The van der Waals surface area contributed by atoms with Crippen LogP contribution < -0.4 is 0 Å². The SMILES string of the molecule is [CH2]/C=C/c1ccc(SC)c(SC)c1. The lowest BCUT2D eigenvalue weighted by Gasteiger charge is -2.04. The lowest BCUT2D eigenvalue weighted by molar-refractivity contribution is 1.25. The highest BCUT2D eigenvalue weighted by Crippen LogP contribution is 2.29. The Bertz CT molecular complexity index is 303. The van der Waals surface area contributed by atoms with Gasteiger partial charge in [0.05, 0.1) is 0 Å². The summed E-state index contributed by atoms with van der Waals surface area (Å²) in [5, 5.41) is 0. The lowest BCUT2D eigenvalue weighted by Crippen LogP contribution is -1.79. The molecule has 1 aromatic rings. The third-order valence-corrected chi connectivity index (χ3v) is 3.42. The standard InChI is InChI=1S/C11H13S2/c1-4-5-9-6-7-10(12-2)11(8-9)13-3/h4-8H,1H2,2-3H3/b5-4+. The first kappa shape index (κ1) is 10.7. The third kappa shape index (κ3) is 2.82. The number of benzene rings is 1. The van der Waals surface area contributed by atoms with Crippen LogP contribution in [0.15, 0.2) is 34.1 Å². The summed E-state index contributed by atoms with van der Waals surface area (Å²) < 4.78 is 0. The van der Waals surface area contributed by atoms with Gasteiger partial charge in [0.15, 0.2) is 0 Å². The third-order valence-electron chi connectivity index (χ3n) is 1.72. The van der Waals surface area contributed by atoms with E-state index in [-0.39, 0.29) is 0 Å². The van der Waals surface area contributed by atoms with E-state index in [1.807, 2.05) is 12.2 Å². The average molecular weight is 209 g/mol. The van der Waals surface area contributed by atoms with E-state index in [1.54, 1.807) is 23.5 Å². The molecule has 1 aromatic carbocycles. The van der Waals surface area contributed by atoms with E-state index in [1.165, 1.54) is 15.4 Å². The largest absolute Gasteiger partial charge is 0.128 e. The first-order valence-electron chi connectivity index (χ1n) is 3.99. The molecule has 1 radical (unpaired) electrons. The number of hydrogen-bond acceptors (Lipinski definition) is 2. The second kappa shape index (κ2) is 5.40. The molecule has 13 heavy (non-hydrogen) atoms. The fraction of sp³-hybridized carbons (Fsp3) is 0.182. The van der Waals surface area contributed by atoms with Crippen molar-refractivity contribution in [2.24, 2.45) is 0 Å². The summed E-state index contributed by atoms with van der Waals surface area (Å²) in [4.78, 5) is 2.68. The maximum absolute atomic E-state index is 3.69. The van der Waals surface area contributed by atoms with Crippen molar-refractivity contribution in [3.63, 3.8) is 0 Å². The second-order valence-corrected chi connectivity index (χ2v) is 4.21. The van der Waals surface area contributed by atoms with Crippen molar-refractivity contribution in [3.05, 3.63) is 36.8 Å². The molecular formula is C11H13S2. The van der Waals surface area contributed by atoms with E-state index < -0.39 is 0 Å². The van der Waals surface area contributed by atoms with Gasteiger partial charge >= 0.3 is 0 Å². The van der Waals surface area contributed by atoms with Gasteiger partial charge < -0.3 is 0 Å². The summed E-state index contributed by atoms with van der Waals surface area (Å²) in [5.74, 6) is 0. The minimum absolute atomic E-state index is 1.22. The molecule has 0 atom stereocenters. The normalized spacial score (nSPS) is 11.0. The fourth-order valence-electron chi connectivity index (χ4n) is 1.09. The molecule has 0 aliphatic carbocycles. The molecule has 0 saturated heterocycles. The molecular weight excluding hydrogens is 196 g/mol. The zero-order valence-corrected chi connectivity index (χ0v) is 9.54. The Morgan fingerprint density at radius 3 is 2.38 bits per heavy atom. The Morgan fingerprint density at radius 1 is 1.15 bits per heavy atom. The van der Waals surface area contributed by atoms with E-state index in [2.05, 4.69) is 37.6 Å². The van der Waals surface area contributed by atoms with Gasteiger partial charge in [-0.2, -0.15) is 0 Å². The molecule has 0 spiro atoms.